The number of allylic oxidation sites excluding steroid dienone is 1. The lowest BCUT2D eigenvalue weighted by molar-refractivity contribution is -0.141. The number of nitrogens with zero attached hydrogens (tertiary/aromatic N) is 2. The number of benzene rings is 1. The van der Waals surface area contributed by atoms with E-state index < -0.39 is 0 Å². The predicted molar refractivity (Wildman–Crippen MR) is 85.2 cm³/mol. The molecule has 0 radical (unpaired) electrons. The minimum Gasteiger partial charge on any atom is -0.497 e. The number of rotatable bonds is 4. The number of nitrogens with two attached hydrogens (primary N) is 1. The quantitative estimate of drug-likeness (QED) is 0.672. The Morgan fingerprint density at radius 1 is 1.48 bits per heavy atom. The van der Waals surface area contributed by atoms with Gasteiger partial charge in [-0.15, -0.1) is 0 Å². The molecule has 2 aliphatic rings. The number of hydrogen-bond donors (Lipinski definition) is 1. The van der Waals surface area contributed by atoms with E-state index in [0.29, 0.717) is 30.3 Å². The van der Waals surface area contributed by atoms with Crippen molar-refractivity contribution >= 4 is 23.7 Å². The van der Waals surface area contributed by atoms with Crippen molar-refractivity contribution in [3.05, 3.63) is 41.9 Å². The van der Waals surface area contributed by atoms with Crippen LogP contribution >= 0.6 is 0 Å². The predicted octanol–water partition coefficient (Wildman–Crippen LogP) is 1.72. The summed E-state index contributed by atoms with van der Waals surface area (Å²) < 4.78 is 15.5. The summed E-state index contributed by atoms with van der Waals surface area (Å²) in [7, 11) is 1.36. The lowest BCUT2D eigenvalue weighted by Crippen LogP contribution is -2.30. The summed E-state index contributed by atoms with van der Waals surface area (Å²) in [5, 5.41) is 0. The molecule has 0 saturated heterocycles. The second-order valence-corrected chi connectivity index (χ2v) is 5.09. The molecule has 0 unspecified atom stereocenters. The van der Waals surface area contributed by atoms with Crippen LogP contribution < -0.4 is 10.5 Å². The average Bonchev–Trinajstić information content (AvgIpc) is 2.56. The summed E-state index contributed by atoms with van der Waals surface area (Å²) >= 11 is 0. The van der Waals surface area contributed by atoms with E-state index in [2.05, 4.69) is 9.73 Å². The van der Waals surface area contributed by atoms with Gasteiger partial charge in [-0.05, 0) is 18.2 Å². The van der Waals surface area contributed by atoms with Crippen LogP contribution in [-0.4, -0.2) is 37.5 Å². The molecule has 0 amide bonds. The average molecular weight is 315 g/mol. The molecule has 0 aromatic heterocycles. The first-order chi connectivity index (χ1) is 11.2. The molecule has 23 heavy (non-hydrogen) atoms. The van der Waals surface area contributed by atoms with E-state index in [0.717, 1.165) is 11.3 Å². The Labute approximate surface area is 133 Å². The van der Waals surface area contributed by atoms with Gasteiger partial charge in [0.1, 0.15) is 18.9 Å². The van der Waals surface area contributed by atoms with Crippen LogP contribution in [0.15, 0.2) is 41.3 Å². The number of nitrogen functional groups attached to an aromatic ring is 1. The lowest BCUT2D eigenvalue weighted by Gasteiger charge is -2.24. The van der Waals surface area contributed by atoms with Gasteiger partial charge in [-0.2, -0.15) is 0 Å². The molecular weight excluding hydrogens is 298 g/mol. The third-order valence-corrected chi connectivity index (χ3v) is 3.44. The molecule has 1 aromatic carbocycles. The van der Waals surface area contributed by atoms with Crippen molar-refractivity contribution in [1.29, 1.82) is 0 Å². The summed E-state index contributed by atoms with van der Waals surface area (Å²) in [5.74, 6) is 0.912. The first-order valence-electron chi connectivity index (χ1n) is 7.09. The zero-order chi connectivity index (χ0) is 16.2. The van der Waals surface area contributed by atoms with Crippen LogP contribution in [0.5, 0.6) is 5.75 Å². The van der Waals surface area contributed by atoms with Crippen molar-refractivity contribution in [2.45, 2.75) is 6.54 Å². The molecule has 0 fully saturated rings. The SMILES string of the molecule is COC(=O)CN1C=Nc2cc(N)c(OC3=CCOC=C3)cc2C1. The first-order valence-corrected chi connectivity index (χ1v) is 7.09. The maximum absolute atomic E-state index is 11.4. The second kappa shape index (κ2) is 6.43. The van der Waals surface area contributed by atoms with Crippen LogP contribution in [0.1, 0.15) is 5.56 Å². The minimum atomic E-state index is -0.315. The lowest BCUT2D eigenvalue weighted by atomic mass is 10.1. The Balaban J connectivity index is 1.79. The molecule has 0 bridgehead atoms. The molecule has 0 saturated carbocycles. The van der Waals surface area contributed by atoms with Crippen LogP contribution in [0.25, 0.3) is 0 Å². The van der Waals surface area contributed by atoms with Crippen molar-refractivity contribution in [2.24, 2.45) is 4.99 Å². The van der Waals surface area contributed by atoms with E-state index in [-0.39, 0.29) is 12.5 Å². The Kier molecular flexibility index (Phi) is 4.18. The van der Waals surface area contributed by atoms with Gasteiger partial charge in [-0.1, -0.05) is 0 Å². The highest BCUT2D eigenvalue weighted by atomic mass is 16.5. The van der Waals surface area contributed by atoms with E-state index >= 15 is 0 Å². The molecule has 2 aliphatic heterocycles. The van der Waals surface area contributed by atoms with Gasteiger partial charge in [0.2, 0.25) is 0 Å². The molecule has 120 valence electrons. The first kappa shape index (κ1) is 15.0. The number of methoxy groups -OCH3 is 1. The number of hydrogen-bond acceptors (Lipinski definition) is 7. The number of aliphatic imine (C=N–C) groups is 1. The molecule has 0 spiro atoms. The highest BCUT2D eigenvalue weighted by molar-refractivity contribution is 5.78. The highest BCUT2D eigenvalue weighted by Crippen LogP contribution is 2.34. The van der Waals surface area contributed by atoms with Gasteiger partial charge >= 0.3 is 5.97 Å². The van der Waals surface area contributed by atoms with E-state index in [1.807, 2.05) is 12.1 Å². The van der Waals surface area contributed by atoms with E-state index in [9.17, 15) is 4.79 Å². The number of carbonyl (C=O) groups is 1. The monoisotopic (exact) mass is 315 g/mol. The summed E-state index contributed by atoms with van der Waals surface area (Å²) in [4.78, 5) is 17.5. The van der Waals surface area contributed by atoms with Crippen LogP contribution in [0.3, 0.4) is 0 Å². The Morgan fingerprint density at radius 2 is 2.35 bits per heavy atom. The van der Waals surface area contributed by atoms with Crippen LogP contribution in [0.4, 0.5) is 11.4 Å². The van der Waals surface area contributed by atoms with Gasteiger partial charge in [-0.25, -0.2) is 4.99 Å². The fourth-order valence-electron chi connectivity index (χ4n) is 2.26. The minimum absolute atomic E-state index is 0.144. The smallest absolute Gasteiger partial charge is 0.325 e. The van der Waals surface area contributed by atoms with Crippen molar-refractivity contribution in [1.82, 2.24) is 4.90 Å². The number of ether oxygens (including phenoxy) is 3. The van der Waals surface area contributed by atoms with Crippen molar-refractivity contribution < 1.29 is 19.0 Å². The molecule has 2 N–H and O–H groups in total. The molecule has 0 aliphatic carbocycles. The summed E-state index contributed by atoms with van der Waals surface area (Å²) in [6, 6.07) is 3.61. The molecule has 7 heteroatoms. The Hall–Kier alpha value is -2.96. The zero-order valence-electron chi connectivity index (χ0n) is 12.7. The summed E-state index contributed by atoms with van der Waals surface area (Å²) in [5.41, 5.74) is 8.23. The largest absolute Gasteiger partial charge is 0.497 e. The summed E-state index contributed by atoms with van der Waals surface area (Å²) in [6.45, 7) is 1.14. The van der Waals surface area contributed by atoms with Gasteiger partial charge in [-0.3, -0.25) is 4.79 Å². The van der Waals surface area contributed by atoms with E-state index in [4.69, 9.17) is 15.2 Å². The fraction of sp³-hybridized carbons (Fsp3) is 0.250. The fourth-order valence-corrected chi connectivity index (χ4v) is 2.26. The molecule has 2 heterocycles. The third kappa shape index (κ3) is 3.45. The normalized spacial score (nSPS) is 15.5. The molecule has 1 aromatic rings. The number of carbonyl (C=O) groups excluding carboxylic acids is 1. The molecule has 7 nitrogen and oxygen atoms in total. The molecule has 0 atom stereocenters. The van der Waals surface area contributed by atoms with E-state index in [1.165, 1.54) is 7.11 Å². The molecule has 3 rings (SSSR count). The van der Waals surface area contributed by atoms with Gasteiger partial charge < -0.3 is 24.8 Å². The summed E-state index contributed by atoms with van der Waals surface area (Å²) in [6.07, 6.45) is 6.74. The van der Waals surface area contributed by atoms with Crippen molar-refractivity contribution in [2.75, 3.05) is 26.0 Å². The third-order valence-electron chi connectivity index (χ3n) is 3.44. The maximum Gasteiger partial charge on any atom is 0.325 e. The van der Waals surface area contributed by atoms with Crippen molar-refractivity contribution in [3.63, 3.8) is 0 Å². The Bertz CT molecular complexity index is 710. The van der Waals surface area contributed by atoms with Crippen LogP contribution in [0, 0.1) is 0 Å². The van der Waals surface area contributed by atoms with Crippen LogP contribution in [-0.2, 0) is 20.8 Å². The van der Waals surface area contributed by atoms with Gasteiger partial charge in [0, 0.05) is 18.2 Å². The highest BCUT2D eigenvalue weighted by Gasteiger charge is 2.18. The zero-order valence-corrected chi connectivity index (χ0v) is 12.7. The second-order valence-electron chi connectivity index (χ2n) is 5.09. The Morgan fingerprint density at radius 3 is 3.09 bits per heavy atom. The van der Waals surface area contributed by atoms with Crippen molar-refractivity contribution in [3.8, 4) is 5.75 Å². The topological polar surface area (TPSA) is 86.4 Å². The maximum atomic E-state index is 11.4. The number of anilines is 1. The number of fused-ring (bicyclic) bond motifs is 1. The van der Waals surface area contributed by atoms with E-state index in [1.54, 1.807) is 29.6 Å². The standard InChI is InChI=1S/C16H17N3O4/c1-21-16(20)9-19-8-11-6-15(13(17)7-14(11)18-10-19)23-12-2-4-22-5-3-12/h2-4,6-7,10H,5,8-9,17H2,1H3. The van der Waals surface area contributed by atoms with Gasteiger partial charge in [0.15, 0.2) is 5.75 Å². The van der Waals surface area contributed by atoms with Gasteiger partial charge in [0.25, 0.3) is 0 Å². The van der Waals surface area contributed by atoms with Gasteiger partial charge in [0.05, 0.1) is 31.1 Å². The van der Waals surface area contributed by atoms with Crippen LogP contribution in [0.2, 0.25) is 0 Å². The number of esters is 1. The molecular formula is C16H17N3O4.